The molecule has 11 rings (SSSR count). The van der Waals surface area contributed by atoms with Crippen LogP contribution in [0.25, 0.3) is 83.6 Å². The van der Waals surface area contributed by atoms with Gasteiger partial charge in [0.25, 0.3) is 0 Å². The molecule has 5 heteroatoms. The number of fused-ring (bicyclic) bond motifs is 4. The van der Waals surface area contributed by atoms with Crippen LogP contribution in [0.3, 0.4) is 0 Å². The van der Waals surface area contributed by atoms with Crippen LogP contribution in [0.1, 0.15) is 103 Å². The molecule has 1 fully saturated rings. The quantitative estimate of drug-likeness (QED) is 0.142. The van der Waals surface area contributed by atoms with Gasteiger partial charge in [-0.1, -0.05) is 143 Å². The number of rotatable bonds is 8. The van der Waals surface area contributed by atoms with Crippen LogP contribution in [-0.4, -0.2) is 14.5 Å². The van der Waals surface area contributed by atoms with Crippen molar-refractivity contribution in [1.82, 2.24) is 14.5 Å². The van der Waals surface area contributed by atoms with Gasteiger partial charge in [0.1, 0.15) is 5.58 Å². The Morgan fingerprint density at radius 3 is 2.01 bits per heavy atom. The number of aromatic nitrogens is 3. The Morgan fingerprint density at radius 2 is 1.33 bits per heavy atom. The molecule has 4 nitrogen and oxygen atoms in total. The van der Waals surface area contributed by atoms with Crippen LogP contribution in [0.4, 0.5) is 0 Å². The molecule has 0 spiro atoms. The third-order valence-electron chi connectivity index (χ3n) is 13.4. The van der Waals surface area contributed by atoms with E-state index in [1.54, 1.807) is 6.20 Å². The number of benzene rings is 7. The summed E-state index contributed by atoms with van der Waals surface area (Å²) >= 11 is 0. The molecule has 1 aliphatic rings. The second-order valence-corrected chi connectivity index (χ2v) is 19.2. The van der Waals surface area contributed by atoms with Crippen LogP contribution in [0.15, 0.2) is 174 Å². The van der Waals surface area contributed by atoms with Crippen LogP contribution in [0.2, 0.25) is 0 Å². The van der Waals surface area contributed by atoms with Crippen molar-refractivity contribution in [1.29, 1.82) is 0 Å². The Kier molecular flexibility index (Phi) is 12.9. The fourth-order valence-corrected chi connectivity index (χ4v) is 9.61. The first kappa shape index (κ1) is 44.4. The molecule has 0 amide bonds. The van der Waals surface area contributed by atoms with Crippen molar-refractivity contribution in [2.75, 3.05) is 0 Å². The van der Waals surface area contributed by atoms with Crippen molar-refractivity contribution < 1.29 is 25.9 Å². The van der Waals surface area contributed by atoms with Gasteiger partial charge in [-0.25, -0.2) is 0 Å². The first-order valence-electron chi connectivity index (χ1n) is 24.0. The Bertz CT molecular complexity index is 3260. The number of pyridine rings is 1. The molecular formula is C62H57IrN3O-2. The number of imidazole rings is 1. The Hall–Kier alpha value is -6.39. The Labute approximate surface area is 410 Å². The Balaban J connectivity index is 0.000000386. The maximum atomic E-state index is 9.37. The average Bonchev–Trinajstić information content (AvgIpc) is 3.94. The molecule has 0 saturated heterocycles. The van der Waals surface area contributed by atoms with Crippen LogP contribution < -0.4 is 0 Å². The summed E-state index contributed by atoms with van der Waals surface area (Å²) in [5, 5.41) is 2.14. The van der Waals surface area contributed by atoms with E-state index in [2.05, 4.69) is 172 Å². The summed E-state index contributed by atoms with van der Waals surface area (Å²) in [7, 11) is 0. The SMILES string of the molecule is [2H]C1(c2ccc(-c3cc(C(C)C)c(-n4c(-c5[c-]ccc6c5oc5cc(-c7ccccc7)ccc56)nc5ccccc54)c(C(C)C)c3)cc2)CCC(C)(C)CC1.[Ir].[c-]1ccccc1-c1ccccn1. The van der Waals surface area contributed by atoms with E-state index in [4.69, 9.17) is 9.40 Å². The van der Waals surface area contributed by atoms with Crippen molar-refractivity contribution in [3.05, 3.63) is 199 Å². The van der Waals surface area contributed by atoms with Crippen LogP contribution in [0.5, 0.6) is 0 Å². The van der Waals surface area contributed by atoms with Crippen LogP contribution in [0, 0.1) is 17.5 Å². The summed E-state index contributed by atoms with van der Waals surface area (Å²) in [6.45, 7) is 13.8. The summed E-state index contributed by atoms with van der Waals surface area (Å²) in [4.78, 5) is 9.57. The molecule has 0 unspecified atom stereocenters. The predicted octanol–water partition coefficient (Wildman–Crippen LogP) is 17.2. The largest absolute Gasteiger partial charge is 0.501 e. The molecule has 3 heterocycles. The number of hydrogen-bond acceptors (Lipinski definition) is 3. The van der Waals surface area contributed by atoms with Gasteiger partial charge in [-0.2, -0.15) is 0 Å². The molecular weight excluding hydrogens is 995 g/mol. The van der Waals surface area contributed by atoms with E-state index in [1.807, 2.05) is 54.6 Å². The zero-order chi connectivity index (χ0) is 46.3. The number of hydrogen-bond donors (Lipinski definition) is 0. The number of para-hydroxylation sites is 2. The van der Waals surface area contributed by atoms with Gasteiger partial charge in [-0.15, -0.1) is 54.1 Å². The predicted molar refractivity (Wildman–Crippen MR) is 275 cm³/mol. The zero-order valence-electron chi connectivity index (χ0n) is 40.2. The third kappa shape index (κ3) is 9.33. The van der Waals surface area contributed by atoms with Crippen molar-refractivity contribution in [2.45, 2.75) is 85.0 Å². The zero-order valence-corrected chi connectivity index (χ0v) is 41.6. The van der Waals surface area contributed by atoms with E-state index in [0.29, 0.717) is 5.41 Å². The minimum absolute atomic E-state index is 0. The average molecular weight is 1050 g/mol. The van der Waals surface area contributed by atoms with E-state index in [9.17, 15) is 1.37 Å². The second kappa shape index (κ2) is 19.4. The molecule has 0 aliphatic heterocycles. The number of furan rings is 1. The fraction of sp³-hybridized carbons (Fsp3) is 0.226. The molecule has 1 saturated carbocycles. The maximum Gasteiger partial charge on any atom is 0.121 e. The van der Waals surface area contributed by atoms with Gasteiger partial charge in [0.15, 0.2) is 0 Å². The third-order valence-corrected chi connectivity index (χ3v) is 13.4. The molecule has 337 valence electrons. The van der Waals surface area contributed by atoms with Gasteiger partial charge in [-0.3, -0.25) is 4.98 Å². The van der Waals surface area contributed by atoms with E-state index in [-0.39, 0.29) is 31.9 Å². The summed E-state index contributed by atoms with van der Waals surface area (Å²) < 4.78 is 18.5. The molecule has 0 bridgehead atoms. The maximum absolute atomic E-state index is 9.37. The summed E-state index contributed by atoms with van der Waals surface area (Å²) in [6, 6.07) is 63.6. The van der Waals surface area contributed by atoms with Gasteiger partial charge in [0.2, 0.25) is 0 Å². The van der Waals surface area contributed by atoms with Crippen LogP contribution in [-0.2, 0) is 20.1 Å². The van der Waals surface area contributed by atoms with Crippen molar-refractivity contribution >= 4 is 33.0 Å². The minimum atomic E-state index is -0.507. The first-order valence-corrected chi connectivity index (χ1v) is 23.5. The Morgan fingerprint density at radius 1 is 0.657 bits per heavy atom. The monoisotopic (exact) mass is 1050 g/mol. The van der Waals surface area contributed by atoms with E-state index >= 15 is 0 Å². The number of nitrogens with zero attached hydrogens (tertiary/aromatic N) is 3. The molecule has 1 aliphatic carbocycles. The summed E-state index contributed by atoms with van der Waals surface area (Å²) in [5.74, 6) is 0.800. The van der Waals surface area contributed by atoms with Gasteiger partial charge < -0.3 is 14.0 Å². The summed E-state index contributed by atoms with van der Waals surface area (Å²) in [6.07, 6.45) is 5.81. The van der Waals surface area contributed by atoms with Gasteiger partial charge in [0, 0.05) is 38.7 Å². The second-order valence-electron chi connectivity index (χ2n) is 19.2. The molecule has 3 aromatic heterocycles. The molecule has 7 aromatic carbocycles. The van der Waals surface area contributed by atoms with Gasteiger partial charge >= 0.3 is 0 Å². The van der Waals surface area contributed by atoms with E-state index in [1.165, 1.54) is 27.9 Å². The smallest absolute Gasteiger partial charge is 0.121 e. The van der Waals surface area contributed by atoms with Crippen molar-refractivity contribution in [2.24, 2.45) is 5.41 Å². The molecule has 0 atom stereocenters. The van der Waals surface area contributed by atoms with Crippen molar-refractivity contribution in [3.63, 3.8) is 0 Å². The summed E-state index contributed by atoms with van der Waals surface area (Å²) in [5.41, 5.74) is 16.4. The normalized spacial score (nSPS) is 14.5. The van der Waals surface area contributed by atoms with E-state index in [0.717, 1.165) is 98.0 Å². The standard InChI is InChI=1S/C51H49N2O.C11H8N.Ir/c1-32(2)43-29-39(36-21-19-35(20-22-36)37-25-27-51(5,6)28-26-37)30-44(33(3)4)48(43)53-46-18-11-10-17-45(46)52-50(53)42-16-12-15-41-40-24-23-38(31-47(40)54-49(41)42)34-13-8-7-9-14-34;1-2-6-10(7-3-1)11-8-4-5-9-12-11;/h7-15,17-24,29-33,37H,25-28H2,1-6H3;1-6,8-9H;/q2*-1;/i37D;;. The first-order chi connectivity index (χ1) is 32.5. The fourth-order valence-electron chi connectivity index (χ4n) is 9.61. The molecule has 0 N–H and O–H groups in total. The van der Waals surface area contributed by atoms with Gasteiger partial charge in [-0.05, 0) is 130 Å². The van der Waals surface area contributed by atoms with Gasteiger partial charge in [0.05, 0.1) is 22.4 Å². The molecule has 10 aromatic rings. The van der Waals surface area contributed by atoms with E-state index < -0.39 is 5.89 Å². The molecule has 1 radical (unpaired) electrons. The van der Waals surface area contributed by atoms with Crippen LogP contribution >= 0.6 is 0 Å². The van der Waals surface area contributed by atoms with Crippen molar-refractivity contribution in [3.8, 4) is 50.6 Å². The topological polar surface area (TPSA) is 43.9 Å². The molecule has 67 heavy (non-hydrogen) atoms. The minimum Gasteiger partial charge on any atom is -0.501 e.